The van der Waals surface area contributed by atoms with Crippen molar-refractivity contribution in [1.29, 1.82) is 5.26 Å². The van der Waals surface area contributed by atoms with Crippen LogP contribution in [-0.2, 0) is 10.0 Å². The van der Waals surface area contributed by atoms with Crippen molar-refractivity contribution in [2.45, 2.75) is 11.0 Å². The van der Waals surface area contributed by atoms with Gasteiger partial charge < -0.3 is 5.11 Å². The number of likely N-dealkylation sites (N-methyl/N-ethyl adjacent to an activating group) is 1. The average Bonchev–Trinajstić information content (AvgIpc) is 2.55. The van der Waals surface area contributed by atoms with Gasteiger partial charge in [0.05, 0.1) is 22.6 Å². The lowest BCUT2D eigenvalue weighted by Gasteiger charge is -2.21. The quantitative estimate of drug-likeness (QED) is 0.907. The molecule has 2 aromatic rings. The Hall–Kier alpha value is -2.27. The van der Waals surface area contributed by atoms with E-state index in [0.29, 0.717) is 11.1 Å². The summed E-state index contributed by atoms with van der Waals surface area (Å²) in [6.45, 7) is -0.161. The minimum absolute atomic E-state index is 0.0478. The van der Waals surface area contributed by atoms with Crippen LogP contribution < -0.4 is 0 Å². The number of aliphatic hydroxyl groups is 1. The molecule has 1 N–H and O–H groups in total. The van der Waals surface area contributed by atoms with E-state index < -0.39 is 21.9 Å². The normalized spacial score (nSPS) is 12.8. The van der Waals surface area contributed by atoms with Crippen molar-refractivity contribution in [2.24, 2.45) is 0 Å². The first-order chi connectivity index (χ1) is 10.8. The van der Waals surface area contributed by atoms with Gasteiger partial charge in [-0.05, 0) is 42.0 Å². The zero-order chi connectivity index (χ0) is 17.0. The van der Waals surface area contributed by atoms with Crippen LogP contribution in [0.25, 0.3) is 0 Å². The summed E-state index contributed by atoms with van der Waals surface area (Å²) in [5, 5.41) is 18.9. The molecule has 0 aliphatic heterocycles. The molecule has 0 bridgehead atoms. The van der Waals surface area contributed by atoms with Crippen molar-refractivity contribution >= 4 is 10.0 Å². The number of halogens is 1. The molecule has 23 heavy (non-hydrogen) atoms. The molecular weight excluding hydrogens is 319 g/mol. The third-order valence-corrected chi connectivity index (χ3v) is 5.21. The number of rotatable bonds is 5. The molecule has 1 atom stereocenters. The van der Waals surface area contributed by atoms with Gasteiger partial charge in [0.1, 0.15) is 5.82 Å². The molecule has 0 saturated heterocycles. The maximum atomic E-state index is 12.9. The fourth-order valence-corrected chi connectivity index (χ4v) is 3.19. The van der Waals surface area contributed by atoms with Crippen LogP contribution in [0.15, 0.2) is 53.4 Å². The first-order valence-electron chi connectivity index (χ1n) is 6.74. The van der Waals surface area contributed by atoms with Gasteiger partial charge in [0.15, 0.2) is 0 Å². The molecule has 0 aliphatic rings. The fourth-order valence-electron chi connectivity index (χ4n) is 2.01. The van der Waals surface area contributed by atoms with Crippen LogP contribution in [0, 0.1) is 17.1 Å². The van der Waals surface area contributed by atoms with Crippen molar-refractivity contribution in [3.8, 4) is 6.07 Å². The average molecular weight is 334 g/mol. The van der Waals surface area contributed by atoms with Crippen molar-refractivity contribution < 1.29 is 17.9 Å². The van der Waals surface area contributed by atoms with Gasteiger partial charge in [-0.25, -0.2) is 12.8 Å². The van der Waals surface area contributed by atoms with Gasteiger partial charge in [0.2, 0.25) is 10.0 Å². The third kappa shape index (κ3) is 3.93. The number of sulfonamides is 1. The number of hydrogen-bond donors (Lipinski definition) is 1. The second-order valence-corrected chi connectivity index (χ2v) is 7.03. The van der Waals surface area contributed by atoms with Crippen LogP contribution >= 0.6 is 0 Å². The van der Waals surface area contributed by atoms with Crippen molar-refractivity contribution in [2.75, 3.05) is 13.6 Å². The van der Waals surface area contributed by atoms with Crippen LogP contribution in [0.2, 0.25) is 0 Å². The molecule has 1 unspecified atom stereocenters. The van der Waals surface area contributed by atoms with E-state index in [9.17, 15) is 17.9 Å². The lowest BCUT2D eigenvalue weighted by atomic mass is 10.1. The van der Waals surface area contributed by atoms with Gasteiger partial charge in [0, 0.05) is 13.6 Å². The second kappa shape index (κ2) is 6.87. The molecule has 0 saturated carbocycles. The van der Waals surface area contributed by atoms with Gasteiger partial charge >= 0.3 is 0 Å². The van der Waals surface area contributed by atoms with Gasteiger partial charge in [0.25, 0.3) is 0 Å². The summed E-state index contributed by atoms with van der Waals surface area (Å²) in [5.74, 6) is -0.524. The maximum absolute atomic E-state index is 12.9. The van der Waals surface area contributed by atoms with Gasteiger partial charge in [-0.2, -0.15) is 9.57 Å². The number of nitriles is 1. The fraction of sp³-hybridized carbons (Fsp3) is 0.188. The molecule has 0 fully saturated rings. The summed E-state index contributed by atoms with van der Waals surface area (Å²) in [6, 6.07) is 12.7. The Morgan fingerprint density at radius 2 is 1.74 bits per heavy atom. The second-order valence-electron chi connectivity index (χ2n) is 4.99. The summed E-state index contributed by atoms with van der Waals surface area (Å²) < 4.78 is 38.6. The minimum atomic E-state index is -3.82. The van der Waals surface area contributed by atoms with E-state index in [-0.39, 0.29) is 11.4 Å². The maximum Gasteiger partial charge on any atom is 0.242 e. The Labute approximate surface area is 134 Å². The summed E-state index contributed by atoms with van der Waals surface area (Å²) in [4.78, 5) is -0.0478. The number of nitrogens with zero attached hydrogens (tertiary/aromatic N) is 2. The Morgan fingerprint density at radius 1 is 1.17 bits per heavy atom. The van der Waals surface area contributed by atoms with E-state index in [1.165, 1.54) is 19.2 Å². The predicted octanol–water partition coefficient (Wildman–Crippen LogP) is 2.05. The van der Waals surface area contributed by atoms with Crippen LogP contribution in [0.5, 0.6) is 0 Å². The lowest BCUT2D eigenvalue weighted by molar-refractivity contribution is 0.155. The highest BCUT2D eigenvalue weighted by Crippen LogP contribution is 2.20. The highest BCUT2D eigenvalue weighted by atomic mass is 32.2. The van der Waals surface area contributed by atoms with Gasteiger partial charge in [-0.1, -0.05) is 12.1 Å². The molecule has 0 amide bonds. The van der Waals surface area contributed by atoms with Gasteiger partial charge in [-0.15, -0.1) is 0 Å². The Kier molecular flexibility index (Phi) is 5.11. The van der Waals surface area contributed by atoms with Crippen molar-refractivity contribution in [3.05, 3.63) is 65.5 Å². The number of aliphatic hydroxyl groups excluding tert-OH is 1. The van der Waals surface area contributed by atoms with Crippen LogP contribution in [0.4, 0.5) is 4.39 Å². The SMILES string of the molecule is CN(CC(O)c1ccc(C#N)cc1)S(=O)(=O)c1ccc(F)cc1. The van der Waals surface area contributed by atoms with E-state index in [4.69, 9.17) is 5.26 Å². The monoisotopic (exact) mass is 334 g/mol. The van der Waals surface area contributed by atoms with Crippen LogP contribution in [0.1, 0.15) is 17.2 Å². The first kappa shape index (κ1) is 17.1. The molecule has 0 aromatic heterocycles. The molecule has 5 nitrogen and oxygen atoms in total. The molecular formula is C16H15FN2O3S. The molecule has 2 rings (SSSR count). The smallest absolute Gasteiger partial charge is 0.242 e. The lowest BCUT2D eigenvalue weighted by Crippen LogP contribution is -2.31. The van der Waals surface area contributed by atoms with Crippen LogP contribution in [0.3, 0.4) is 0 Å². The Morgan fingerprint density at radius 3 is 2.26 bits per heavy atom. The molecule has 2 aromatic carbocycles. The van der Waals surface area contributed by atoms with Crippen molar-refractivity contribution in [3.63, 3.8) is 0 Å². The Balaban J connectivity index is 2.14. The summed E-state index contributed by atoms with van der Waals surface area (Å²) in [5.41, 5.74) is 0.957. The van der Waals surface area contributed by atoms with E-state index >= 15 is 0 Å². The standard InChI is InChI=1S/C16H15FN2O3S/c1-19(23(21,22)15-8-6-14(17)7-9-15)11-16(20)13-4-2-12(10-18)3-5-13/h2-9,16,20H,11H2,1H3. The topological polar surface area (TPSA) is 81.4 Å². The van der Waals surface area contributed by atoms with E-state index in [2.05, 4.69) is 0 Å². The van der Waals surface area contributed by atoms with E-state index in [0.717, 1.165) is 16.4 Å². The highest BCUT2D eigenvalue weighted by molar-refractivity contribution is 7.89. The first-order valence-corrected chi connectivity index (χ1v) is 8.18. The number of hydrogen-bond acceptors (Lipinski definition) is 4. The third-order valence-electron chi connectivity index (χ3n) is 3.38. The predicted molar refractivity (Wildman–Crippen MR) is 82.3 cm³/mol. The summed E-state index contributed by atoms with van der Waals surface area (Å²) in [6.07, 6.45) is -1.04. The molecule has 7 heteroatoms. The van der Waals surface area contributed by atoms with Crippen molar-refractivity contribution in [1.82, 2.24) is 4.31 Å². The number of benzene rings is 2. The minimum Gasteiger partial charge on any atom is -0.387 e. The van der Waals surface area contributed by atoms with Crippen LogP contribution in [-0.4, -0.2) is 31.4 Å². The molecule has 120 valence electrons. The zero-order valence-electron chi connectivity index (χ0n) is 12.3. The zero-order valence-corrected chi connectivity index (χ0v) is 13.2. The molecule has 0 spiro atoms. The van der Waals surface area contributed by atoms with E-state index in [1.54, 1.807) is 24.3 Å². The molecule has 0 aliphatic carbocycles. The van der Waals surface area contributed by atoms with E-state index in [1.807, 2.05) is 6.07 Å². The largest absolute Gasteiger partial charge is 0.387 e. The molecule has 0 radical (unpaired) electrons. The van der Waals surface area contributed by atoms with Gasteiger partial charge in [-0.3, -0.25) is 0 Å². The highest BCUT2D eigenvalue weighted by Gasteiger charge is 2.23. The summed E-state index contributed by atoms with van der Waals surface area (Å²) in [7, 11) is -2.48. The summed E-state index contributed by atoms with van der Waals surface area (Å²) >= 11 is 0. The molecule has 0 heterocycles. The Bertz CT molecular complexity index is 812.